The quantitative estimate of drug-likeness (QED) is 0.651. The van der Waals surface area contributed by atoms with E-state index in [0.29, 0.717) is 35.6 Å². The van der Waals surface area contributed by atoms with Crippen LogP contribution in [0.4, 0.5) is 5.69 Å². The summed E-state index contributed by atoms with van der Waals surface area (Å²) in [5.74, 6) is 0.486. The first-order chi connectivity index (χ1) is 13.9. The van der Waals surface area contributed by atoms with Gasteiger partial charge in [0.05, 0.1) is 0 Å². The largest absolute Gasteiger partial charge is 0.440 e. The molecule has 1 saturated heterocycles. The number of nitrogens with one attached hydrogen (secondary N) is 1. The number of anilines is 1. The van der Waals surface area contributed by atoms with E-state index in [-0.39, 0.29) is 16.0 Å². The molecule has 1 fully saturated rings. The zero-order chi connectivity index (χ0) is 20.6. The van der Waals surface area contributed by atoms with Gasteiger partial charge in [0.15, 0.2) is 11.5 Å². The summed E-state index contributed by atoms with van der Waals surface area (Å²) in [5.41, 5.74) is 1.90. The third kappa shape index (κ3) is 3.94. The lowest BCUT2D eigenvalue weighted by atomic mass is 10.0. The van der Waals surface area contributed by atoms with Crippen LogP contribution in [0.15, 0.2) is 44.3 Å². The van der Waals surface area contributed by atoms with Crippen LogP contribution >= 0.6 is 11.3 Å². The number of thiophene rings is 1. The van der Waals surface area contributed by atoms with Gasteiger partial charge in [0.1, 0.15) is 15.8 Å². The number of oxazole rings is 1. The number of fused-ring (bicyclic) bond motifs is 1. The number of aromatic nitrogens is 1. The van der Waals surface area contributed by atoms with Crippen molar-refractivity contribution in [2.75, 3.05) is 11.9 Å². The van der Waals surface area contributed by atoms with E-state index in [0.717, 1.165) is 12.8 Å². The lowest BCUT2D eigenvalue weighted by Crippen LogP contribution is -2.49. The van der Waals surface area contributed by atoms with Crippen molar-refractivity contribution in [3.8, 4) is 0 Å². The van der Waals surface area contributed by atoms with E-state index in [2.05, 4.69) is 10.3 Å². The van der Waals surface area contributed by atoms with Crippen molar-refractivity contribution >= 4 is 44.1 Å². The van der Waals surface area contributed by atoms with E-state index >= 15 is 0 Å². The van der Waals surface area contributed by atoms with Crippen LogP contribution < -0.4 is 5.32 Å². The third-order valence-corrected chi connectivity index (χ3v) is 8.26. The Morgan fingerprint density at radius 3 is 2.86 bits per heavy atom. The Hall–Kier alpha value is -2.23. The molecule has 1 unspecified atom stereocenters. The van der Waals surface area contributed by atoms with E-state index < -0.39 is 16.1 Å². The number of nitrogens with zero attached hydrogens (tertiary/aromatic N) is 2. The topological polar surface area (TPSA) is 92.5 Å². The summed E-state index contributed by atoms with van der Waals surface area (Å²) in [4.78, 5) is 17.4. The molecule has 3 aromatic rings. The highest BCUT2D eigenvalue weighted by Crippen LogP contribution is 2.29. The Labute approximate surface area is 173 Å². The van der Waals surface area contributed by atoms with Gasteiger partial charge in [-0.15, -0.1) is 11.3 Å². The van der Waals surface area contributed by atoms with Gasteiger partial charge in [-0.1, -0.05) is 26.3 Å². The molecule has 1 atom stereocenters. The number of piperidine rings is 1. The highest BCUT2D eigenvalue weighted by Gasteiger charge is 2.38. The number of hydrogen-bond donors (Lipinski definition) is 1. The summed E-state index contributed by atoms with van der Waals surface area (Å²) in [5, 5.41) is 4.59. The van der Waals surface area contributed by atoms with Crippen molar-refractivity contribution in [2.24, 2.45) is 0 Å². The van der Waals surface area contributed by atoms with Crippen LogP contribution in [-0.2, 0) is 14.8 Å². The van der Waals surface area contributed by atoms with Gasteiger partial charge in [0.25, 0.3) is 10.0 Å². The maximum absolute atomic E-state index is 13.0. The maximum atomic E-state index is 13.0. The van der Waals surface area contributed by atoms with Crippen LogP contribution in [0.2, 0.25) is 0 Å². The predicted octanol–water partition coefficient (Wildman–Crippen LogP) is 4.19. The Morgan fingerprint density at radius 2 is 2.14 bits per heavy atom. The Kier molecular flexibility index (Phi) is 5.46. The number of hydrogen-bond acceptors (Lipinski definition) is 6. The molecule has 9 heteroatoms. The first-order valence-corrected chi connectivity index (χ1v) is 11.9. The molecule has 154 valence electrons. The molecule has 0 bridgehead atoms. The molecule has 1 N–H and O–H groups in total. The lowest BCUT2D eigenvalue weighted by Gasteiger charge is -2.33. The first kappa shape index (κ1) is 20.1. The summed E-state index contributed by atoms with van der Waals surface area (Å²) >= 11 is 1.17. The SMILES string of the molecule is CC(C)c1nc2cc(NC(=O)C3CCCCN3S(=O)(=O)c3cccs3)ccc2o1. The molecule has 1 amide bonds. The standard InChI is InChI=1S/C20H23N3O4S2/c1-13(2)20-22-15-12-14(8-9-17(15)27-20)21-19(24)16-6-3-4-10-23(16)29(25,26)18-7-5-11-28-18/h5,7-9,11-13,16H,3-4,6,10H2,1-2H3,(H,21,24). The van der Waals surface area contributed by atoms with Crippen LogP contribution in [0.25, 0.3) is 11.1 Å². The average Bonchev–Trinajstić information content (AvgIpc) is 3.38. The van der Waals surface area contributed by atoms with Gasteiger partial charge in [-0.3, -0.25) is 4.79 Å². The van der Waals surface area contributed by atoms with Crippen molar-refractivity contribution in [2.45, 2.75) is 49.3 Å². The van der Waals surface area contributed by atoms with E-state index in [1.165, 1.54) is 15.6 Å². The summed E-state index contributed by atoms with van der Waals surface area (Å²) < 4.78 is 33.3. The Bertz CT molecular complexity index is 1120. The lowest BCUT2D eigenvalue weighted by molar-refractivity contribution is -0.120. The van der Waals surface area contributed by atoms with E-state index in [1.807, 2.05) is 13.8 Å². The molecule has 1 aliphatic rings. The van der Waals surface area contributed by atoms with Gasteiger partial charge in [-0.25, -0.2) is 13.4 Å². The molecule has 0 saturated carbocycles. The first-order valence-electron chi connectivity index (χ1n) is 9.63. The monoisotopic (exact) mass is 433 g/mol. The minimum Gasteiger partial charge on any atom is -0.440 e. The fourth-order valence-corrected chi connectivity index (χ4v) is 6.25. The Balaban J connectivity index is 1.57. The van der Waals surface area contributed by atoms with Crippen molar-refractivity contribution in [3.63, 3.8) is 0 Å². The Morgan fingerprint density at radius 1 is 1.31 bits per heavy atom. The second kappa shape index (κ2) is 7.89. The van der Waals surface area contributed by atoms with Crippen LogP contribution in [0.1, 0.15) is 44.9 Å². The molecular weight excluding hydrogens is 410 g/mol. The molecule has 3 heterocycles. The van der Waals surface area contributed by atoms with Gasteiger partial charge < -0.3 is 9.73 Å². The van der Waals surface area contributed by atoms with Crippen molar-refractivity contribution < 1.29 is 17.6 Å². The highest BCUT2D eigenvalue weighted by atomic mass is 32.2. The van der Waals surface area contributed by atoms with Gasteiger partial charge in [0.2, 0.25) is 5.91 Å². The van der Waals surface area contributed by atoms with Crippen LogP contribution in [0.3, 0.4) is 0 Å². The molecule has 2 aromatic heterocycles. The summed E-state index contributed by atoms with van der Waals surface area (Å²) in [6, 6.07) is 7.82. The highest BCUT2D eigenvalue weighted by molar-refractivity contribution is 7.91. The molecule has 0 spiro atoms. The van der Waals surface area contributed by atoms with E-state index in [1.54, 1.807) is 35.7 Å². The second-order valence-corrected chi connectivity index (χ2v) is 10.5. The summed E-state index contributed by atoms with van der Waals surface area (Å²) in [6.07, 6.45) is 2.06. The molecule has 0 aliphatic carbocycles. The zero-order valence-electron chi connectivity index (χ0n) is 16.3. The maximum Gasteiger partial charge on any atom is 0.253 e. The molecule has 0 radical (unpaired) electrons. The number of amides is 1. The fourth-order valence-electron chi connectivity index (χ4n) is 3.48. The average molecular weight is 434 g/mol. The number of carbonyl (C=O) groups excluding carboxylic acids is 1. The van der Waals surface area contributed by atoms with E-state index in [9.17, 15) is 13.2 Å². The number of sulfonamides is 1. The van der Waals surface area contributed by atoms with Gasteiger partial charge in [-0.05, 0) is 42.5 Å². The number of benzene rings is 1. The van der Waals surface area contributed by atoms with Crippen LogP contribution in [-0.4, -0.2) is 36.2 Å². The molecule has 4 rings (SSSR count). The van der Waals surface area contributed by atoms with Gasteiger partial charge in [0, 0.05) is 18.2 Å². The smallest absolute Gasteiger partial charge is 0.253 e. The minimum absolute atomic E-state index is 0.165. The normalized spacial score (nSPS) is 18.4. The van der Waals surface area contributed by atoms with E-state index in [4.69, 9.17) is 4.42 Å². The van der Waals surface area contributed by atoms with Gasteiger partial charge in [-0.2, -0.15) is 4.31 Å². The molecule has 1 aromatic carbocycles. The van der Waals surface area contributed by atoms with Crippen molar-refractivity contribution in [3.05, 3.63) is 41.6 Å². The number of rotatable bonds is 5. The van der Waals surface area contributed by atoms with Gasteiger partial charge >= 0.3 is 0 Å². The van der Waals surface area contributed by atoms with Crippen LogP contribution in [0.5, 0.6) is 0 Å². The van der Waals surface area contributed by atoms with Crippen LogP contribution in [0, 0.1) is 0 Å². The summed E-state index contributed by atoms with van der Waals surface area (Å²) in [7, 11) is -3.68. The van der Waals surface area contributed by atoms with Crippen molar-refractivity contribution in [1.82, 2.24) is 9.29 Å². The predicted molar refractivity (Wildman–Crippen MR) is 113 cm³/mol. The fraction of sp³-hybridized carbons (Fsp3) is 0.400. The molecule has 1 aliphatic heterocycles. The zero-order valence-corrected chi connectivity index (χ0v) is 17.9. The van der Waals surface area contributed by atoms with Crippen molar-refractivity contribution in [1.29, 1.82) is 0 Å². The summed E-state index contributed by atoms with van der Waals surface area (Å²) in [6.45, 7) is 4.34. The number of carbonyl (C=O) groups is 1. The molecule has 29 heavy (non-hydrogen) atoms. The minimum atomic E-state index is -3.68. The second-order valence-electron chi connectivity index (χ2n) is 7.44. The molecule has 7 nitrogen and oxygen atoms in total. The third-order valence-electron chi connectivity index (χ3n) is 4.98. The molecular formula is C20H23N3O4S2.